The maximum Gasteiger partial charge on any atom is 0.451 e. The Morgan fingerprint density at radius 2 is 2.22 bits per heavy atom. The lowest BCUT2D eigenvalue weighted by Crippen LogP contribution is -2.46. The van der Waals surface area contributed by atoms with Crippen LogP contribution in [0.5, 0.6) is 5.88 Å². The fourth-order valence-electron chi connectivity index (χ4n) is 3.63. The Kier molecular flexibility index (Phi) is 4.98. The van der Waals surface area contributed by atoms with E-state index in [9.17, 15) is 13.2 Å². The Morgan fingerprint density at radius 1 is 1.39 bits per heavy atom. The van der Waals surface area contributed by atoms with E-state index in [1.54, 1.807) is 0 Å². The van der Waals surface area contributed by atoms with Crippen molar-refractivity contribution in [2.45, 2.75) is 43.4 Å². The average molecular weight is 443 g/mol. The minimum atomic E-state index is -4.56. The van der Waals surface area contributed by atoms with Crippen molar-refractivity contribution in [1.82, 2.24) is 14.9 Å². The smallest absolute Gasteiger partial charge is 0.451 e. The standard InChI is InChI=1S/C14H17F3IN3O2/c15-14(16,17)12-19-6-3-11(20-12)22-8-10-2-5-13(9-23-18)4-1-7-21(10)13/h3,6,10H,1-2,4-5,7-9H2/t10-,13-/m0/s1. The molecule has 0 unspecified atom stereocenters. The molecule has 5 nitrogen and oxygen atoms in total. The predicted octanol–water partition coefficient (Wildman–Crippen LogP) is 3.24. The molecule has 0 aromatic carbocycles. The fraction of sp³-hybridized carbons (Fsp3) is 0.714. The molecule has 3 heterocycles. The zero-order valence-corrected chi connectivity index (χ0v) is 14.5. The second-order valence-electron chi connectivity index (χ2n) is 5.99. The molecule has 0 amide bonds. The molecule has 2 saturated heterocycles. The Bertz CT molecular complexity index is 560. The number of halogens is 4. The van der Waals surface area contributed by atoms with Gasteiger partial charge in [-0.25, -0.2) is 4.98 Å². The summed E-state index contributed by atoms with van der Waals surface area (Å²) >= 11 is 1.92. The largest absolute Gasteiger partial charge is 0.476 e. The van der Waals surface area contributed by atoms with Crippen LogP contribution in [-0.2, 0) is 9.24 Å². The quantitative estimate of drug-likeness (QED) is 0.655. The van der Waals surface area contributed by atoms with Crippen molar-refractivity contribution in [3.8, 4) is 5.88 Å². The van der Waals surface area contributed by atoms with E-state index >= 15 is 0 Å². The fourth-order valence-corrected chi connectivity index (χ4v) is 4.21. The van der Waals surface area contributed by atoms with Gasteiger partial charge in [0.25, 0.3) is 0 Å². The third-order valence-corrected chi connectivity index (χ3v) is 4.98. The lowest BCUT2D eigenvalue weighted by atomic mass is 9.95. The number of aromatic nitrogens is 2. The van der Waals surface area contributed by atoms with Crippen LogP contribution < -0.4 is 4.74 Å². The average Bonchev–Trinajstić information content (AvgIpc) is 3.04. The lowest BCUT2D eigenvalue weighted by Gasteiger charge is -2.33. The Hall–Kier alpha value is -0.680. The van der Waals surface area contributed by atoms with E-state index in [-0.39, 0.29) is 17.5 Å². The van der Waals surface area contributed by atoms with Crippen molar-refractivity contribution in [2.75, 3.05) is 19.8 Å². The van der Waals surface area contributed by atoms with Crippen LogP contribution in [0.1, 0.15) is 31.5 Å². The second kappa shape index (κ2) is 6.67. The number of rotatable bonds is 5. The Morgan fingerprint density at radius 3 is 2.96 bits per heavy atom. The first-order chi connectivity index (χ1) is 10.9. The molecule has 23 heavy (non-hydrogen) atoms. The van der Waals surface area contributed by atoms with Crippen molar-refractivity contribution in [3.05, 3.63) is 18.1 Å². The Balaban J connectivity index is 1.63. The first-order valence-electron chi connectivity index (χ1n) is 7.48. The molecular formula is C14H17F3IN3O2. The summed E-state index contributed by atoms with van der Waals surface area (Å²) in [7, 11) is 0. The van der Waals surface area contributed by atoms with Gasteiger partial charge in [0.15, 0.2) is 0 Å². The van der Waals surface area contributed by atoms with Gasteiger partial charge in [0.05, 0.1) is 6.61 Å². The van der Waals surface area contributed by atoms with E-state index in [4.69, 9.17) is 7.80 Å². The van der Waals surface area contributed by atoms with Crippen LogP contribution in [0.15, 0.2) is 12.3 Å². The van der Waals surface area contributed by atoms with Crippen molar-refractivity contribution in [3.63, 3.8) is 0 Å². The molecule has 2 fully saturated rings. The Labute approximate surface area is 146 Å². The maximum absolute atomic E-state index is 12.6. The monoisotopic (exact) mass is 443 g/mol. The van der Waals surface area contributed by atoms with Crippen molar-refractivity contribution in [1.29, 1.82) is 0 Å². The number of hydrogen-bond donors (Lipinski definition) is 0. The van der Waals surface area contributed by atoms with Gasteiger partial charge < -0.3 is 7.80 Å². The molecule has 1 aromatic heterocycles. The van der Waals surface area contributed by atoms with Crippen LogP contribution in [-0.4, -0.2) is 46.2 Å². The molecule has 2 atom stereocenters. The number of ether oxygens (including phenoxy) is 1. The first-order valence-corrected chi connectivity index (χ1v) is 8.36. The van der Waals surface area contributed by atoms with Gasteiger partial charge in [-0.2, -0.15) is 18.2 Å². The topological polar surface area (TPSA) is 47.5 Å². The molecule has 0 saturated carbocycles. The molecule has 0 radical (unpaired) electrons. The van der Waals surface area contributed by atoms with E-state index in [0.29, 0.717) is 13.2 Å². The van der Waals surface area contributed by atoms with Gasteiger partial charge in [-0.1, -0.05) is 0 Å². The molecule has 1 aromatic rings. The summed E-state index contributed by atoms with van der Waals surface area (Å²) in [5.74, 6) is -1.20. The molecule has 9 heteroatoms. The van der Waals surface area contributed by atoms with E-state index < -0.39 is 12.0 Å². The summed E-state index contributed by atoms with van der Waals surface area (Å²) in [5.41, 5.74) is 0.0675. The summed E-state index contributed by atoms with van der Waals surface area (Å²) in [6.45, 7) is 1.98. The lowest BCUT2D eigenvalue weighted by molar-refractivity contribution is -0.145. The third kappa shape index (κ3) is 3.55. The van der Waals surface area contributed by atoms with Crippen molar-refractivity contribution < 1.29 is 21.0 Å². The zero-order valence-electron chi connectivity index (χ0n) is 12.4. The van der Waals surface area contributed by atoms with Gasteiger partial charge in [-0.05, 0) is 32.2 Å². The number of nitrogens with zero attached hydrogens (tertiary/aromatic N) is 3. The van der Waals surface area contributed by atoms with Crippen LogP contribution in [0.3, 0.4) is 0 Å². The zero-order chi connectivity index (χ0) is 16.5. The molecule has 0 N–H and O–H groups in total. The SMILES string of the molecule is FC(F)(F)c1nccc(OC[C@@H]2CC[C@]3(COI)CCCN23)n1. The molecular weight excluding hydrogens is 426 g/mol. The van der Waals surface area contributed by atoms with E-state index in [0.717, 1.165) is 38.4 Å². The highest BCUT2D eigenvalue weighted by Crippen LogP contribution is 2.43. The molecule has 0 bridgehead atoms. The highest BCUT2D eigenvalue weighted by Gasteiger charge is 2.49. The molecule has 2 aliphatic heterocycles. The van der Waals surface area contributed by atoms with Crippen LogP contribution in [0.4, 0.5) is 13.2 Å². The van der Waals surface area contributed by atoms with Gasteiger partial charge in [-0.3, -0.25) is 4.90 Å². The van der Waals surface area contributed by atoms with Crippen LogP contribution in [0.25, 0.3) is 0 Å². The predicted molar refractivity (Wildman–Crippen MR) is 84.2 cm³/mol. The summed E-state index contributed by atoms with van der Waals surface area (Å²) < 4.78 is 48.7. The second-order valence-corrected chi connectivity index (χ2v) is 6.62. The normalized spacial score (nSPS) is 28.1. The van der Waals surface area contributed by atoms with Gasteiger partial charge >= 0.3 is 6.18 Å². The van der Waals surface area contributed by atoms with Crippen LogP contribution in [0.2, 0.25) is 0 Å². The molecule has 3 rings (SSSR count). The van der Waals surface area contributed by atoms with E-state index in [1.807, 2.05) is 23.0 Å². The van der Waals surface area contributed by atoms with Crippen LogP contribution >= 0.6 is 23.0 Å². The minimum absolute atomic E-state index is 0.0332. The highest BCUT2D eigenvalue weighted by atomic mass is 127. The number of fused-ring (bicyclic) bond motifs is 1. The summed E-state index contributed by atoms with van der Waals surface area (Å²) in [4.78, 5) is 9.06. The molecule has 2 aliphatic rings. The summed E-state index contributed by atoms with van der Waals surface area (Å²) in [5, 5.41) is 0. The molecule has 0 spiro atoms. The van der Waals surface area contributed by atoms with Gasteiger partial charge in [0, 0.05) is 23.8 Å². The maximum atomic E-state index is 12.6. The van der Waals surface area contributed by atoms with E-state index in [1.165, 1.54) is 6.07 Å². The molecule has 0 aliphatic carbocycles. The van der Waals surface area contributed by atoms with E-state index in [2.05, 4.69) is 14.9 Å². The van der Waals surface area contributed by atoms with Crippen LogP contribution in [0, 0.1) is 0 Å². The van der Waals surface area contributed by atoms with Crippen molar-refractivity contribution in [2.24, 2.45) is 0 Å². The summed E-state index contributed by atoms with van der Waals surface area (Å²) in [6.07, 6.45) is 0.706. The minimum Gasteiger partial charge on any atom is -0.476 e. The highest BCUT2D eigenvalue weighted by molar-refractivity contribution is 14.1. The number of alkyl halides is 3. The first kappa shape index (κ1) is 17.2. The molecule has 128 valence electrons. The number of hydrogen-bond acceptors (Lipinski definition) is 5. The summed E-state index contributed by atoms with van der Waals surface area (Å²) in [6, 6.07) is 1.54. The third-order valence-electron chi connectivity index (χ3n) is 4.66. The van der Waals surface area contributed by atoms with Gasteiger partial charge in [0.2, 0.25) is 11.7 Å². The van der Waals surface area contributed by atoms with Gasteiger partial charge in [0.1, 0.15) is 29.6 Å². The van der Waals surface area contributed by atoms with Gasteiger partial charge in [-0.15, -0.1) is 0 Å². The van der Waals surface area contributed by atoms with Crippen molar-refractivity contribution >= 4 is 23.0 Å².